The summed E-state index contributed by atoms with van der Waals surface area (Å²) in [7, 11) is 2.24. The Labute approximate surface area is 116 Å². The summed E-state index contributed by atoms with van der Waals surface area (Å²) in [5.41, 5.74) is 0. The van der Waals surface area contributed by atoms with Crippen molar-refractivity contribution in [3.63, 3.8) is 0 Å². The van der Waals surface area contributed by atoms with Gasteiger partial charge in [0.2, 0.25) is 0 Å². The largest absolute Gasteiger partial charge is 0.487 e. The van der Waals surface area contributed by atoms with Crippen molar-refractivity contribution in [2.75, 3.05) is 26.7 Å². The van der Waals surface area contributed by atoms with Gasteiger partial charge in [-0.3, -0.25) is 0 Å². The first kappa shape index (κ1) is 13.9. The average Bonchev–Trinajstić information content (AvgIpc) is 2.45. The molecule has 0 aliphatic rings. The third kappa shape index (κ3) is 3.97. The molecule has 1 N–H and O–H groups in total. The number of benzene rings is 2. The zero-order valence-electron chi connectivity index (χ0n) is 12.0. The quantitative estimate of drug-likeness (QED) is 0.806. The van der Waals surface area contributed by atoms with Crippen LogP contribution in [0.4, 0.5) is 0 Å². The van der Waals surface area contributed by atoms with E-state index in [0.29, 0.717) is 0 Å². The molecule has 0 fully saturated rings. The molecule has 0 saturated carbocycles. The molecular formula is C17H24NO+. The van der Waals surface area contributed by atoms with Crippen molar-refractivity contribution in [3.8, 4) is 5.75 Å². The number of unbranched alkanes of at least 4 members (excludes halogenated alkanes) is 1. The van der Waals surface area contributed by atoms with Gasteiger partial charge in [-0.1, -0.05) is 49.7 Å². The minimum absolute atomic E-state index is 0.781. The van der Waals surface area contributed by atoms with E-state index in [-0.39, 0.29) is 0 Å². The molecule has 0 heterocycles. The molecule has 2 aromatic carbocycles. The van der Waals surface area contributed by atoms with Gasteiger partial charge in [-0.25, -0.2) is 0 Å². The number of hydrogen-bond acceptors (Lipinski definition) is 1. The number of likely N-dealkylation sites (N-methyl/N-ethyl adjacent to an activating group) is 1. The van der Waals surface area contributed by atoms with Crippen molar-refractivity contribution in [2.24, 2.45) is 0 Å². The lowest BCUT2D eigenvalue weighted by Crippen LogP contribution is -3.09. The van der Waals surface area contributed by atoms with Crippen LogP contribution in [0, 0.1) is 0 Å². The maximum Gasteiger partial charge on any atom is 0.137 e. The molecular weight excluding hydrogens is 234 g/mol. The monoisotopic (exact) mass is 258 g/mol. The Kier molecular flexibility index (Phi) is 5.22. The van der Waals surface area contributed by atoms with Crippen LogP contribution in [0.25, 0.3) is 10.8 Å². The number of ether oxygens (including phenoxy) is 1. The third-order valence-corrected chi connectivity index (χ3v) is 3.49. The molecule has 0 bridgehead atoms. The highest BCUT2D eigenvalue weighted by Gasteiger charge is 2.04. The lowest BCUT2D eigenvalue weighted by atomic mass is 10.1. The third-order valence-electron chi connectivity index (χ3n) is 3.49. The zero-order chi connectivity index (χ0) is 13.5. The van der Waals surface area contributed by atoms with Crippen molar-refractivity contribution in [2.45, 2.75) is 19.8 Å². The number of quaternary nitrogens is 1. The molecule has 1 unspecified atom stereocenters. The van der Waals surface area contributed by atoms with Gasteiger partial charge in [-0.15, -0.1) is 0 Å². The van der Waals surface area contributed by atoms with Gasteiger partial charge in [0.05, 0.1) is 13.6 Å². The van der Waals surface area contributed by atoms with E-state index in [0.717, 1.165) is 18.9 Å². The minimum atomic E-state index is 0.781. The van der Waals surface area contributed by atoms with Gasteiger partial charge < -0.3 is 9.64 Å². The van der Waals surface area contributed by atoms with Gasteiger partial charge in [0, 0.05) is 5.39 Å². The number of nitrogens with one attached hydrogen (secondary N) is 1. The molecule has 19 heavy (non-hydrogen) atoms. The van der Waals surface area contributed by atoms with Crippen molar-refractivity contribution in [1.29, 1.82) is 0 Å². The Morgan fingerprint density at radius 2 is 1.79 bits per heavy atom. The molecule has 2 rings (SSSR count). The van der Waals surface area contributed by atoms with E-state index < -0.39 is 0 Å². The minimum Gasteiger partial charge on any atom is -0.487 e. The lowest BCUT2D eigenvalue weighted by Gasteiger charge is -2.14. The molecule has 2 nitrogen and oxygen atoms in total. The predicted octanol–water partition coefficient (Wildman–Crippen LogP) is 2.53. The van der Waals surface area contributed by atoms with E-state index in [1.165, 1.54) is 30.2 Å². The van der Waals surface area contributed by atoms with Crippen LogP contribution in [0.15, 0.2) is 42.5 Å². The van der Waals surface area contributed by atoms with Gasteiger partial charge in [0.25, 0.3) is 0 Å². The molecule has 0 saturated heterocycles. The molecule has 0 amide bonds. The summed E-state index contributed by atoms with van der Waals surface area (Å²) in [5, 5.41) is 2.45. The zero-order valence-corrected chi connectivity index (χ0v) is 12.0. The normalized spacial score (nSPS) is 12.5. The van der Waals surface area contributed by atoms with E-state index in [1.54, 1.807) is 4.90 Å². The van der Waals surface area contributed by atoms with Crippen LogP contribution < -0.4 is 9.64 Å². The standard InChI is InChI=1S/C17H23NO/c1-3-4-12-18(2)13-14-19-17-11-7-9-15-8-5-6-10-16(15)17/h5-11H,3-4,12-14H2,1-2H3/p+1. The smallest absolute Gasteiger partial charge is 0.137 e. The summed E-state index contributed by atoms with van der Waals surface area (Å²) < 4.78 is 5.95. The second kappa shape index (κ2) is 7.15. The fraction of sp³-hybridized carbons (Fsp3) is 0.412. The van der Waals surface area contributed by atoms with Gasteiger partial charge in [0.15, 0.2) is 0 Å². The Morgan fingerprint density at radius 1 is 1.00 bits per heavy atom. The van der Waals surface area contributed by atoms with Crippen molar-refractivity contribution in [1.82, 2.24) is 0 Å². The molecule has 0 aromatic heterocycles. The van der Waals surface area contributed by atoms with E-state index >= 15 is 0 Å². The molecule has 2 aromatic rings. The fourth-order valence-corrected chi connectivity index (χ4v) is 2.26. The van der Waals surface area contributed by atoms with Gasteiger partial charge in [-0.05, 0) is 17.9 Å². The Balaban J connectivity index is 1.91. The summed E-state index contributed by atoms with van der Waals surface area (Å²) in [5.74, 6) is 1.00. The lowest BCUT2D eigenvalue weighted by molar-refractivity contribution is -0.879. The van der Waals surface area contributed by atoms with E-state index in [9.17, 15) is 0 Å². The van der Waals surface area contributed by atoms with Crippen LogP contribution in [0.1, 0.15) is 19.8 Å². The van der Waals surface area contributed by atoms with Crippen LogP contribution >= 0.6 is 0 Å². The SMILES string of the molecule is CCCC[NH+](C)CCOc1cccc2ccccc12. The molecule has 1 atom stereocenters. The Morgan fingerprint density at radius 3 is 2.63 bits per heavy atom. The van der Waals surface area contributed by atoms with Crippen LogP contribution in [0.5, 0.6) is 5.75 Å². The average molecular weight is 258 g/mol. The predicted molar refractivity (Wildman–Crippen MR) is 81.0 cm³/mol. The van der Waals surface area contributed by atoms with Crippen LogP contribution in [0.2, 0.25) is 0 Å². The van der Waals surface area contributed by atoms with Crippen LogP contribution in [0.3, 0.4) is 0 Å². The van der Waals surface area contributed by atoms with Gasteiger partial charge in [0.1, 0.15) is 18.9 Å². The number of rotatable bonds is 7. The second-order valence-electron chi connectivity index (χ2n) is 5.14. The van der Waals surface area contributed by atoms with E-state index in [2.05, 4.69) is 56.4 Å². The Hall–Kier alpha value is -1.54. The van der Waals surface area contributed by atoms with Gasteiger partial charge in [-0.2, -0.15) is 0 Å². The summed E-state index contributed by atoms with van der Waals surface area (Å²) >= 11 is 0. The first-order valence-corrected chi connectivity index (χ1v) is 7.23. The number of fused-ring (bicyclic) bond motifs is 1. The summed E-state index contributed by atoms with van der Waals surface area (Å²) in [6.45, 7) is 5.31. The molecule has 0 aliphatic heterocycles. The maximum absolute atomic E-state index is 5.95. The molecule has 102 valence electrons. The fourth-order valence-electron chi connectivity index (χ4n) is 2.26. The summed E-state index contributed by atoms with van der Waals surface area (Å²) in [6.07, 6.45) is 2.56. The summed E-state index contributed by atoms with van der Waals surface area (Å²) in [4.78, 5) is 1.54. The van der Waals surface area contributed by atoms with Gasteiger partial charge >= 0.3 is 0 Å². The van der Waals surface area contributed by atoms with E-state index in [1.807, 2.05) is 0 Å². The second-order valence-corrected chi connectivity index (χ2v) is 5.14. The highest BCUT2D eigenvalue weighted by atomic mass is 16.5. The molecule has 0 aliphatic carbocycles. The number of hydrogen-bond donors (Lipinski definition) is 1. The Bertz CT molecular complexity index is 504. The van der Waals surface area contributed by atoms with Crippen molar-refractivity contribution >= 4 is 10.8 Å². The van der Waals surface area contributed by atoms with Crippen molar-refractivity contribution < 1.29 is 9.64 Å². The first-order valence-electron chi connectivity index (χ1n) is 7.23. The molecule has 2 heteroatoms. The van der Waals surface area contributed by atoms with Crippen LogP contribution in [-0.4, -0.2) is 26.7 Å². The summed E-state index contributed by atoms with van der Waals surface area (Å²) in [6, 6.07) is 14.6. The highest BCUT2D eigenvalue weighted by Crippen LogP contribution is 2.24. The topological polar surface area (TPSA) is 13.7 Å². The van der Waals surface area contributed by atoms with Crippen molar-refractivity contribution in [3.05, 3.63) is 42.5 Å². The van der Waals surface area contributed by atoms with Crippen LogP contribution in [-0.2, 0) is 0 Å². The highest BCUT2D eigenvalue weighted by molar-refractivity contribution is 5.88. The molecule has 0 radical (unpaired) electrons. The maximum atomic E-state index is 5.95. The van der Waals surface area contributed by atoms with E-state index in [4.69, 9.17) is 4.74 Å². The first-order chi connectivity index (χ1) is 9.31. The molecule has 0 spiro atoms.